The first-order valence-electron chi connectivity index (χ1n) is 10.9. The van der Waals surface area contributed by atoms with Gasteiger partial charge in [-0.3, -0.25) is 20.0 Å². The van der Waals surface area contributed by atoms with Crippen molar-refractivity contribution in [1.29, 1.82) is 0 Å². The Morgan fingerprint density at radius 1 is 0.659 bits per heavy atom. The molecule has 0 saturated carbocycles. The number of rotatable bonds is 6. The number of hydrogen-bond acceptors (Lipinski definition) is 8. The van der Waals surface area contributed by atoms with Crippen molar-refractivity contribution in [3.63, 3.8) is 0 Å². The number of nitrogens with zero attached hydrogens (tertiary/aromatic N) is 6. The summed E-state index contributed by atoms with van der Waals surface area (Å²) in [7, 11) is 0. The van der Waals surface area contributed by atoms with Gasteiger partial charge in [-0.25, -0.2) is 9.59 Å². The molecular weight excluding hydrogens is 650 g/mol. The monoisotopic (exact) mass is 670 g/mol. The van der Waals surface area contributed by atoms with Crippen LogP contribution in [0.2, 0.25) is 0 Å². The number of isothiocyanates is 2. The molecule has 0 aliphatic carbocycles. The van der Waals surface area contributed by atoms with Gasteiger partial charge in [0.1, 0.15) is 0 Å². The van der Waals surface area contributed by atoms with Gasteiger partial charge in [0.25, 0.3) is 0 Å². The molecule has 0 spiro atoms. The predicted molar refractivity (Wildman–Crippen MR) is 162 cm³/mol. The van der Waals surface area contributed by atoms with E-state index in [1.165, 1.54) is 34.9 Å². The van der Waals surface area contributed by atoms with Crippen LogP contribution in [0.15, 0.2) is 107 Å². The summed E-state index contributed by atoms with van der Waals surface area (Å²) in [6.45, 7) is 0. The van der Waals surface area contributed by atoms with Crippen LogP contribution in [0, 0.1) is 0 Å². The van der Waals surface area contributed by atoms with E-state index >= 15 is 0 Å². The van der Waals surface area contributed by atoms with Crippen LogP contribution in [0.5, 0.6) is 0 Å². The fraction of sp³-hybridized carbons (Fsp3) is 0. The second-order valence-electron chi connectivity index (χ2n) is 6.85. The van der Waals surface area contributed by atoms with Crippen molar-refractivity contribution in [3.05, 3.63) is 131 Å². The van der Waals surface area contributed by atoms with E-state index in [1.807, 2.05) is 60.7 Å². The molecule has 0 aliphatic rings. The first kappa shape index (κ1) is 36.2. The maximum atomic E-state index is 10.9. The zero-order valence-corrected chi connectivity index (χ0v) is 24.3. The van der Waals surface area contributed by atoms with E-state index in [9.17, 15) is 9.59 Å². The summed E-state index contributed by atoms with van der Waals surface area (Å²) in [5, 5.41) is 34.9. The minimum absolute atomic E-state index is 0. The van der Waals surface area contributed by atoms with Gasteiger partial charge in [-0.05, 0) is 48.5 Å². The maximum absolute atomic E-state index is 10.9. The Hall–Kier alpha value is -4.76. The Morgan fingerprint density at radius 3 is 1.27 bits per heavy atom. The first-order chi connectivity index (χ1) is 19.4. The third-order valence-electron chi connectivity index (χ3n) is 4.32. The average Bonchev–Trinajstić information content (AvgIpc) is 2.97. The molecule has 41 heavy (non-hydrogen) atoms. The van der Waals surface area contributed by atoms with Gasteiger partial charge < -0.3 is 21.0 Å². The van der Waals surface area contributed by atoms with E-state index < -0.39 is 11.9 Å². The van der Waals surface area contributed by atoms with E-state index in [0.717, 1.165) is 11.4 Å². The Bertz CT molecular complexity index is 1390. The van der Waals surface area contributed by atoms with Gasteiger partial charge in [0, 0.05) is 12.4 Å². The summed E-state index contributed by atoms with van der Waals surface area (Å²) < 4.78 is 0. The fourth-order valence-corrected chi connectivity index (χ4v) is 2.70. The number of pyridine rings is 2. The van der Waals surface area contributed by atoms with Crippen molar-refractivity contribution < 1.29 is 39.3 Å². The summed E-state index contributed by atoms with van der Waals surface area (Å²) in [5.74, 6) is -2.01. The second-order valence-corrected chi connectivity index (χ2v) is 7.22. The number of benzene rings is 2. The molecule has 0 atom stereocenters. The van der Waals surface area contributed by atoms with Crippen LogP contribution in [0.4, 0.5) is 11.4 Å². The second kappa shape index (κ2) is 22.1. The average molecular weight is 670 g/mol. The Balaban J connectivity index is 0.000000642. The number of para-hydroxylation sites is 2. The maximum Gasteiger partial charge on any atom is 2.00 e. The van der Waals surface area contributed by atoms with Crippen LogP contribution < -0.4 is 0 Å². The third kappa shape index (κ3) is 14.8. The Kier molecular flexibility index (Phi) is 19.5. The van der Waals surface area contributed by atoms with Gasteiger partial charge >= 0.3 is 31.4 Å². The number of carboxylic acid groups (broad SMARTS) is 2. The van der Waals surface area contributed by atoms with E-state index in [0.29, 0.717) is 11.4 Å². The number of aliphatic imine (C=N–C) groups is 2. The number of carboxylic acids is 2. The fourth-order valence-electron chi connectivity index (χ4n) is 2.70. The molecule has 4 rings (SSSR count). The van der Waals surface area contributed by atoms with Crippen LogP contribution in [-0.4, -0.2) is 54.9 Å². The zero-order valence-electron chi connectivity index (χ0n) is 21.0. The molecule has 0 unspecified atom stereocenters. The summed E-state index contributed by atoms with van der Waals surface area (Å²) in [6.07, 6.45) is 6.00. The van der Waals surface area contributed by atoms with Crippen molar-refractivity contribution in [2.75, 3.05) is 0 Å². The molecule has 0 saturated heterocycles. The van der Waals surface area contributed by atoms with Gasteiger partial charge in [0.2, 0.25) is 0 Å². The topological polar surface area (TPSA) is 170 Å². The minimum Gasteiger partial charge on any atom is -0.753 e. The quantitative estimate of drug-likeness (QED) is 0.135. The summed E-state index contributed by atoms with van der Waals surface area (Å²) in [5.41, 5.74) is 2.51. The summed E-state index contributed by atoms with van der Waals surface area (Å²) >= 11 is 7.40. The third-order valence-corrected chi connectivity index (χ3v) is 4.32. The molecule has 13 heteroatoms. The van der Waals surface area contributed by atoms with Gasteiger partial charge in [0.05, 0.1) is 46.3 Å². The van der Waals surface area contributed by atoms with E-state index in [4.69, 9.17) is 21.0 Å². The predicted octanol–water partition coefficient (Wildman–Crippen LogP) is 6.38. The number of hydrogen-bond donors (Lipinski definition) is 2. The molecule has 4 aromatic rings. The van der Waals surface area contributed by atoms with Crippen LogP contribution >= 0.6 is 24.4 Å². The van der Waals surface area contributed by atoms with Crippen molar-refractivity contribution in [1.82, 2.24) is 9.97 Å². The molecule has 2 aromatic carbocycles. The molecule has 0 aliphatic heterocycles. The van der Waals surface area contributed by atoms with Gasteiger partial charge in [-0.1, -0.05) is 60.8 Å². The number of carbonyl (C=O) groups is 2. The first-order valence-corrected chi connectivity index (χ1v) is 11.8. The molecule has 0 radical (unpaired) electrons. The van der Waals surface area contributed by atoms with Crippen LogP contribution in [0.1, 0.15) is 32.1 Å². The number of thiocarbonyl (C=S) groups is 2. The molecule has 206 valence electrons. The standard InChI is InChI=1S/2C13H10N2O2.2CNS.Ru/c2*16-13(17)11-7-4-8-14-12(11)9-15-10-5-2-1-3-6-10;2*2-1-3;/h2*1-9H,(H,16,17);;;/q;;2*-1;+2. The normalized spacial score (nSPS) is 9.17. The minimum atomic E-state index is -1.01. The van der Waals surface area contributed by atoms with E-state index in [1.54, 1.807) is 24.5 Å². The molecule has 0 amide bonds. The number of aromatic nitrogens is 2. The SMILES string of the molecule is O=C(O)c1cccnc1C=Nc1ccccc1.O=C(O)c1cccnc1C=Nc1ccccc1.[N-]=C=S.[N-]=C=S.[Ru+2]. The van der Waals surface area contributed by atoms with Gasteiger partial charge in [0.15, 0.2) is 0 Å². The molecule has 2 N–H and O–H groups in total. The van der Waals surface area contributed by atoms with E-state index in [2.05, 4.69) is 44.4 Å². The summed E-state index contributed by atoms with van der Waals surface area (Å²) in [6, 6.07) is 24.7. The molecular formula is C28H20N6O4RuS2. The van der Waals surface area contributed by atoms with Crippen LogP contribution in [0.3, 0.4) is 0 Å². The molecule has 0 fully saturated rings. The molecule has 0 bridgehead atoms. The van der Waals surface area contributed by atoms with Gasteiger partial charge in [-0.15, -0.1) is 0 Å². The van der Waals surface area contributed by atoms with Crippen molar-refractivity contribution in [2.24, 2.45) is 9.98 Å². The Labute approximate surface area is 259 Å². The molecule has 10 nitrogen and oxygen atoms in total. The van der Waals surface area contributed by atoms with Gasteiger partial charge in [-0.2, -0.15) is 10.3 Å². The Morgan fingerprint density at radius 2 is 0.976 bits per heavy atom. The van der Waals surface area contributed by atoms with Crippen LogP contribution in [0.25, 0.3) is 10.8 Å². The molecule has 2 aromatic heterocycles. The number of aromatic carboxylic acids is 2. The van der Waals surface area contributed by atoms with Crippen LogP contribution in [-0.2, 0) is 19.5 Å². The van der Waals surface area contributed by atoms with E-state index in [-0.39, 0.29) is 30.6 Å². The largest absolute Gasteiger partial charge is 2.00 e. The van der Waals surface area contributed by atoms with Crippen molar-refractivity contribution in [2.45, 2.75) is 0 Å². The molecule has 2 heterocycles. The van der Waals surface area contributed by atoms with Crippen molar-refractivity contribution >= 4 is 70.5 Å². The smallest absolute Gasteiger partial charge is 0.753 e. The van der Waals surface area contributed by atoms with Crippen molar-refractivity contribution in [3.8, 4) is 0 Å². The summed E-state index contributed by atoms with van der Waals surface area (Å²) in [4.78, 5) is 38.2. The zero-order chi connectivity index (χ0) is 29.6.